The number of fused-ring (bicyclic) bond motifs is 1. The largest absolute Gasteiger partial charge is 0.391 e. The van der Waals surface area contributed by atoms with E-state index < -0.39 is 36.0 Å². The van der Waals surface area contributed by atoms with Gasteiger partial charge in [0.15, 0.2) is 0 Å². The molecule has 43 heavy (non-hydrogen) atoms. The molecule has 0 aliphatic rings. The van der Waals surface area contributed by atoms with E-state index in [4.69, 9.17) is 5.73 Å². The standard InChI is InChI=1S/C33H37N5O5/c1-22(40)30(34)32(42)35-27(18-25-20-38(21-39)29-16-10-9-15-26(25)29)31(41)36-28(17-23-11-5-3-6-12-23)33(43)37(2)19-24-13-7-4-8-14-24/h3-16,20-22,27-28,30,40H,17-19,34H2,1-2H3,(H,35,42)(H,36,41)/t22?,27-,28+,30?/m1/s1. The summed E-state index contributed by atoms with van der Waals surface area (Å²) in [5, 5.41) is 16.2. The first-order valence-electron chi connectivity index (χ1n) is 14.1. The second-order valence-electron chi connectivity index (χ2n) is 10.6. The summed E-state index contributed by atoms with van der Waals surface area (Å²) in [6.45, 7) is 1.73. The Bertz CT molecular complexity index is 1550. The van der Waals surface area contributed by atoms with E-state index in [0.717, 1.165) is 16.5 Å². The number of aliphatic hydroxyl groups is 1. The van der Waals surface area contributed by atoms with Gasteiger partial charge in [0.1, 0.15) is 18.1 Å². The molecule has 0 radical (unpaired) electrons. The zero-order valence-electron chi connectivity index (χ0n) is 24.2. The fourth-order valence-corrected chi connectivity index (χ4v) is 4.97. The van der Waals surface area contributed by atoms with Crippen molar-refractivity contribution in [2.75, 3.05) is 7.05 Å². The predicted octanol–water partition coefficient (Wildman–Crippen LogP) is 1.80. The van der Waals surface area contributed by atoms with Gasteiger partial charge in [-0.3, -0.25) is 23.7 Å². The smallest absolute Gasteiger partial charge is 0.245 e. The number of aromatic nitrogens is 1. The Morgan fingerprint density at radius 3 is 2.07 bits per heavy atom. The number of carbonyl (C=O) groups is 4. The van der Waals surface area contributed by atoms with Crippen LogP contribution in [0.5, 0.6) is 0 Å². The van der Waals surface area contributed by atoms with Gasteiger partial charge >= 0.3 is 0 Å². The Balaban J connectivity index is 1.63. The van der Waals surface area contributed by atoms with E-state index in [1.54, 1.807) is 30.3 Å². The Kier molecular flexibility index (Phi) is 10.4. The van der Waals surface area contributed by atoms with E-state index in [0.29, 0.717) is 24.0 Å². The van der Waals surface area contributed by atoms with Gasteiger partial charge in [-0.25, -0.2) is 0 Å². The van der Waals surface area contributed by atoms with E-state index >= 15 is 0 Å². The molecule has 3 amide bonds. The zero-order chi connectivity index (χ0) is 30.9. The normalized spacial score (nSPS) is 13.9. The lowest BCUT2D eigenvalue weighted by molar-refractivity contribution is -0.137. The average molecular weight is 584 g/mol. The summed E-state index contributed by atoms with van der Waals surface area (Å²) < 4.78 is 1.41. The highest BCUT2D eigenvalue weighted by atomic mass is 16.3. The summed E-state index contributed by atoms with van der Waals surface area (Å²) in [5.74, 6) is -1.62. The predicted molar refractivity (Wildman–Crippen MR) is 164 cm³/mol. The first-order valence-corrected chi connectivity index (χ1v) is 14.1. The molecular weight excluding hydrogens is 546 g/mol. The van der Waals surface area contributed by atoms with Crippen molar-refractivity contribution in [2.24, 2.45) is 5.73 Å². The Morgan fingerprint density at radius 2 is 1.44 bits per heavy atom. The van der Waals surface area contributed by atoms with Crippen molar-refractivity contribution in [2.45, 2.75) is 50.5 Å². The van der Waals surface area contributed by atoms with Crippen LogP contribution in [-0.2, 0) is 38.6 Å². The number of aliphatic hydroxyl groups excluding tert-OH is 1. The molecule has 2 unspecified atom stereocenters. The van der Waals surface area contributed by atoms with Crippen LogP contribution in [0.15, 0.2) is 91.1 Å². The van der Waals surface area contributed by atoms with Crippen LogP contribution in [0.25, 0.3) is 10.9 Å². The van der Waals surface area contributed by atoms with Gasteiger partial charge in [0, 0.05) is 38.0 Å². The van der Waals surface area contributed by atoms with Gasteiger partial charge in [0.2, 0.25) is 24.1 Å². The van der Waals surface area contributed by atoms with Gasteiger partial charge in [-0.2, -0.15) is 0 Å². The quantitative estimate of drug-likeness (QED) is 0.177. The lowest BCUT2D eigenvalue weighted by Gasteiger charge is -2.27. The maximum atomic E-state index is 13.9. The number of nitrogens with one attached hydrogen (secondary N) is 2. The fourth-order valence-electron chi connectivity index (χ4n) is 4.97. The topological polar surface area (TPSA) is 147 Å². The molecule has 4 rings (SSSR count). The number of nitrogens with zero attached hydrogens (tertiary/aromatic N) is 2. The molecule has 4 aromatic rings. The molecule has 3 aromatic carbocycles. The molecule has 0 spiro atoms. The minimum atomic E-state index is -1.27. The number of rotatable bonds is 13. The third-order valence-electron chi connectivity index (χ3n) is 7.35. The second kappa shape index (κ2) is 14.4. The molecule has 0 saturated carbocycles. The summed E-state index contributed by atoms with van der Waals surface area (Å²) in [6.07, 6.45) is 1.36. The van der Waals surface area contributed by atoms with E-state index in [1.165, 1.54) is 11.5 Å². The SMILES string of the molecule is CC(O)C(N)C(=O)N[C@H](Cc1cn(C=O)c2ccccc12)C(=O)N[C@@H](Cc1ccccc1)C(=O)N(C)Cc1ccccc1. The molecule has 5 N–H and O–H groups in total. The summed E-state index contributed by atoms with van der Waals surface area (Å²) in [6, 6.07) is 22.7. The highest BCUT2D eigenvalue weighted by Gasteiger charge is 2.31. The molecule has 1 heterocycles. The van der Waals surface area contributed by atoms with Gasteiger partial charge in [-0.15, -0.1) is 0 Å². The molecule has 1 aromatic heterocycles. The molecular formula is C33H37N5O5. The Labute approximate surface area is 250 Å². The number of hydrogen-bond acceptors (Lipinski definition) is 6. The third kappa shape index (κ3) is 7.94. The van der Waals surface area contributed by atoms with Crippen molar-refractivity contribution < 1.29 is 24.3 Å². The van der Waals surface area contributed by atoms with Gasteiger partial charge in [0.05, 0.1) is 11.6 Å². The summed E-state index contributed by atoms with van der Waals surface area (Å²) in [4.78, 5) is 53.8. The molecule has 0 saturated heterocycles. The van der Waals surface area contributed by atoms with Crippen molar-refractivity contribution in [3.05, 3.63) is 108 Å². The van der Waals surface area contributed by atoms with Crippen LogP contribution in [0.4, 0.5) is 0 Å². The van der Waals surface area contributed by atoms with Crippen LogP contribution >= 0.6 is 0 Å². The lowest BCUT2D eigenvalue weighted by Crippen LogP contribution is -2.58. The maximum Gasteiger partial charge on any atom is 0.245 e. The van der Waals surface area contributed by atoms with Crippen molar-refractivity contribution >= 4 is 35.0 Å². The molecule has 10 nitrogen and oxygen atoms in total. The summed E-state index contributed by atoms with van der Waals surface area (Å²) >= 11 is 0. The van der Waals surface area contributed by atoms with E-state index in [1.807, 2.05) is 72.8 Å². The maximum absolute atomic E-state index is 13.9. The van der Waals surface area contributed by atoms with Gasteiger partial charge in [-0.1, -0.05) is 78.9 Å². The average Bonchev–Trinajstić information content (AvgIpc) is 3.37. The molecule has 224 valence electrons. The lowest BCUT2D eigenvalue weighted by atomic mass is 10.0. The number of nitrogens with two attached hydrogens (primary N) is 1. The van der Waals surface area contributed by atoms with E-state index in [-0.39, 0.29) is 18.7 Å². The van der Waals surface area contributed by atoms with Crippen LogP contribution < -0.4 is 16.4 Å². The molecule has 0 aliphatic carbocycles. The van der Waals surface area contributed by atoms with Crippen LogP contribution in [-0.4, -0.2) is 70.0 Å². The van der Waals surface area contributed by atoms with E-state index in [9.17, 15) is 24.3 Å². The first kappa shape index (κ1) is 31.1. The van der Waals surface area contributed by atoms with E-state index in [2.05, 4.69) is 10.6 Å². The summed E-state index contributed by atoms with van der Waals surface area (Å²) in [5.41, 5.74) is 8.95. The monoisotopic (exact) mass is 583 g/mol. The molecule has 0 aliphatic heterocycles. The minimum Gasteiger partial charge on any atom is -0.391 e. The number of amides is 3. The van der Waals surface area contributed by atoms with Crippen molar-refractivity contribution in [3.63, 3.8) is 0 Å². The van der Waals surface area contributed by atoms with Crippen LogP contribution in [0.1, 0.15) is 23.6 Å². The van der Waals surface area contributed by atoms with Crippen LogP contribution in [0.3, 0.4) is 0 Å². The highest BCUT2D eigenvalue weighted by Crippen LogP contribution is 2.22. The van der Waals surface area contributed by atoms with Crippen molar-refractivity contribution in [1.29, 1.82) is 0 Å². The van der Waals surface area contributed by atoms with Crippen molar-refractivity contribution in [1.82, 2.24) is 20.1 Å². The number of benzene rings is 3. The van der Waals surface area contributed by atoms with Crippen LogP contribution in [0, 0.1) is 0 Å². The zero-order valence-corrected chi connectivity index (χ0v) is 24.2. The molecule has 10 heteroatoms. The number of para-hydroxylation sites is 1. The molecule has 4 atom stereocenters. The third-order valence-corrected chi connectivity index (χ3v) is 7.35. The van der Waals surface area contributed by atoms with Gasteiger partial charge < -0.3 is 26.4 Å². The first-order chi connectivity index (χ1) is 20.7. The number of hydrogen-bond donors (Lipinski definition) is 4. The summed E-state index contributed by atoms with van der Waals surface area (Å²) in [7, 11) is 1.68. The number of carbonyl (C=O) groups excluding carboxylic acids is 4. The molecule has 0 fully saturated rings. The Morgan fingerprint density at radius 1 is 0.860 bits per heavy atom. The van der Waals surface area contributed by atoms with Gasteiger partial charge in [0.25, 0.3) is 0 Å². The number of likely N-dealkylation sites (N-methyl/N-ethyl adjacent to an activating group) is 1. The minimum absolute atomic E-state index is 0.0115. The second-order valence-corrected chi connectivity index (χ2v) is 10.6. The van der Waals surface area contributed by atoms with Crippen LogP contribution in [0.2, 0.25) is 0 Å². The van der Waals surface area contributed by atoms with Gasteiger partial charge in [-0.05, 0) is 29.7 Å². The van der Waals surface area contributed by atoms with Crippen molar-refractivity contribution in [3.8, 4) is 0 Å². The highest BCUT2D eigenvalue weighted by molar-refractivity contribution is 5.95. The fraction of sp³-hybridized carbons (Fsp3) is 0.273. The Hall–Kier alpha value is -4.80. The molecule has 0 bridgehead atoms.